The van der Waals surface area contributed by atoms with Crippen molar-refractivity contribution in [2.24, 2.45) is 11.8 Å². The Morgan fingerprint density at radius 2 is 2.24 bits per heavy atom. The van der Waals surface area contributed by atoms with Crippen molar-refractivity contribution in [2.75, 3.05) is 6.54 Å². The second-order valence-corrected chi connectivity index (χ2v) is 5.62. The van der Waals surface area contributed by atoms with Gasteiger partial charge in [-0.2, -0.15) is 0 Å². The zero-order valence-corrected chi connectivity index (χ0v) is 11.6. The predicted octanol–water partition coefficient (Wildman–Crippen LogP) is 3.60. The Morgan fingerprint density at radius 1 is 1.47 bits per heavy atom. The standard InChI is InChI=1S/C13H18BrNO2/c1-9-4-2-3-5-10(9)8-15-13(16)11-6-7-12(14)17-11/h6-7,9-10H,2-5,8H2,1H3,(H,15,16). The zero-order chi connectivity index (χ0) is 12.3. The monoisotopic (exact) mass is 299 g/mol. The van der Waals surface area contributed by atoms with E-state index < -0.39 is 0 Å². The predicted molar refractivity (Wildman–Crippen MR) is 69.9 cm³/mol. The SMILES string of the molecule is CC1CCCCC1CNC(=O)c1ccc(Br)o1. The minimum Gasteiger partial charge on any atom is -0.444 e. The van der Waals surface area contributed by atoms with Crippen molar-refractivity contribution in [2.45, 2.75) is 32.6 Å². The topological polar surface area (TPSA) is 42.2 Å². The molecule has 1 aromatic rings. The number of hydrogen-bond acceptors (Lipinski definition) is 2. The van der Waals surface area contributed by atoms with Crippen molar-refractivity contribution < 1.29 is 9.21 Å². The van der Waals surface area contributed by atoms with Crippen LogP contribution in [0.25, 0.3) is 0 Å². The van der Waals surface area contributed by atoms with Crippen LogP contribution in [0.5, 0.6) is 0 Å². The van der Waals surface area contributed by atoms with Gasteiger partial charge in [0.05, 0.1) is 0 Å². The highest BCUT2D eigenvalue weighted by molar-refractivity contribution is 9.10. The first-order chi connectivity index (χ1) is 8.16. The molecular weight excluding hydrogens is 282 g/mol. The molecule has 0 bridgehead atoms. The molecule has 1 fully saturated rings. The molecule has 1 aromatic heterocycles. The van der Waals surface area contributed by atoms with Gasteiger partial charge in [0.25, 0.3) is 5.91 Å². The van der Waals surface area contributed by atoms with E-state index in [2.05, 4.69) is 28.2 Å². The molecule has 0 aliphatic heterocycles. The molecule has 2 rings (SSSR count). The van der Waals surface area contributed by atoms with Gasteiger partial charge in [0, 0.05) is 6.54 Å². The molecule has 17 heavy (non-hydrogen) atoms. The fourth-order valence-corrected chi connectivity index (χ4v) is 2.75. The first-order valence-electron chi connectivity index (χ1n) is 6.20. The molecule has 1 N–H and O–H groups in total. The number of carbonyl (C=O) groups is 1. The summed E-state index contributed by atoms with van der Waals surface area (Å²) >= 11 is 3.19. The fraction of sp³-hybridized carbons (Fsp3) is 0.615. The van der Waals surface area contributed by atoms with Gasteiger partial charge >= 0.3 is 0 Å². The van der Waals surface area contributed by atoms with Gasteiger partial charge in [0.15, 0.2) is 10.4 Å². The van der Waals surface area contributed by atoms with Gasteiger partial charge in [-0.3, -0.25) is 4.79 Å². The van der Waals surface area contributed by atoms with Crippen LogP contribution >= 0.6 is 15.9 Å². The third-order valence-corrected chi connectivity index (χ3v) is 4.04. The van der Waals surface area contributed by atoms with Gasteiger partial charge in [-0.1, -0.05) is 26.2 Å². The van der Waals surface area contributed by atoms with Crippen LogP contribution in [-0.2, 0) is 0 Å². The zero-order valence-electron chi connectivity index (χ0n) is 10.0. The van der Waals surface area contributed by atoms with Gasteiger partial charge in [-0.05, 0) is 46.3 Å². The fourth-order valence-electron chi connectivity index (χ4n) is 2.44. The van der Waals surface area contributed by atoms with Gasteiger partial charge < -0.3 is 9.73 Å². The van der Waals surface area contributed by atoms with E-state index in [0.29, 0.717) is 22.3 Å². The van der Waals surface area contributed by atoms with Crippen molar-refractivity contribution in [3.63, 3.8) is 0 Å². The van der Waals surface area contributed by atoms with Crippen LogP contribution in [0.2, 0.25) is 0 Å². The molecule has 0 saturated heterocycles. The molecule has 1 aliphatic carbocycles. The summed E-state index contributed by atoms with van der Waals surface area (Å²) in [5, 5.41) is 2.96. The van der Waals surface area contributed by atoms with Gasteiger partial charge in [0.1, 0.15) is 0 Å². The van der Waals surface area contributed by atoms with Crippen LogP contribution in [-0.4, -0.2) is 12.5 Å². The maximum absolute atomic E-state index is 11.8. The van der Waals surface area contributed by atoms with E-state index >= 15 is 0 Å². The largest absolute Gasteiger partial charge is 0.444 e. The summed E-state index contributed by atoms with van der Waals surface area (Å²) in [4.78, 5) is 11.8. The van der Waals surface area contributed by atoms with Crippen LogP contribution in [0, 0.1) is 11.8 Å². The second kappa shape index (κ2) is 5.71. The highest BCUT2D eigenvalue weighted by Gasteiger charge is 2.22. The second-order valence-electron chi connectivity index (χ2n) is 4.84. The Hall–Kier alpha value is -0.770. The van der Waals surface area contributed by atoms with Crippen molar-refractivity contribution in [1.82, 2.24) is 5.32 Å². The molecule has 0 aromatic carbocycles. The Kier molecular flexibility index (Phi) is 4.26. The van der Waals surface area contributed by atoms with E-state index in [-0.39, 0.29) is 5.91 Å². The Labute approximate surface area is 110 Å². The number of halogens is 1. The Morgan fingerprint density at radius 3 is 2.88 bits per heavy atom. The third kappa shape index (κ3) is 3.35. The number of furan rings is 1. The lowest BCUT2D eigenvalue weighted by Gasteiger charge is -2.28. The molecule has 1 aliphatic rings. The van der Waals surface area contributed by atoms with Crippen LogP contribution in [0.15, 0.2) is 21.2 Å². The first kappa shape index (κ1) is 12.7. The summed E-state index contributed by atoms with van der Waals surface area (Å²) in [7, 11) is 0. The molecule has 0 spiro atoms. The lowest BCUT2D eigenvalue weighted by Crippen LogP contribution is -2.33. The number of carbonyl (C=O) groups excluding carboxylic acids is 1. The average Bonchev–Trinajstić information content (AvgIpc) is 2.74. The van der Waals surface area contributed by atoms with Crippen molar-refractivity contribution in [3.8, 4) is 0 Å². The van der Waals surface area contributed by atoms with Crippen LogP contribution in [0.4, 0.5) is 0 Å². The van der Waals surface area contributed by atoms with E-state index in [4.69, 9.17) is 4.42 Å². The third-order valence-electron chi connectivity index (χ3n) is 3.61. The van der Waals surface area contributed by atoms with Crippen LogP contribution in [0.3, 0.4) is 0 Å². The van der Waals surface area contributed by atoms with Gasteiger partial charge in [-0.25, -0.2) is 0 Å². The van der Waals surface area contributed by atoms with Crippen LogP contribution in [0.1, 0.15) is 43.2 Å². The van der Waals surface area contributed by atoms with Crippen LogP contribution < -0.4 is 5.32 Å². The lowest BCUT2D eigenvalue weighted by molar-refractivity contribution is 0.0907. The maximum atomic E-state index is 11.8. The molecule has 1 saturated carbocycles. The summed E-state index contributed by atoms with van der Waals surface area (Å²) in [5.74, 6) is 1.59. The summed E-state index contributed by atoms with van der Waals surface area (Å²) in [5.41, 5.74) is 0. The minimum absolute atomic E-state index is 0.117. The minimum atomic E-state index is -0.117. The first-order valence-corrected chi connectivity index (χ1v) is 6.99. The van der Waals surface area contributed by atoms with E-state index in [9.17, 15) is 4.79 Å². The van der Waals surface area contributed by atoms with Gasteiger partial charge in [-0.15, -0.1) is 0 Å². The van der Waals surface area contributed by atoms with E-state index in [1.54, 1.807) is 12.1 Å². The molecule has 4 heteroatoms. The molecule has 0 radical (unpaired) electrons. The average molecular weight is 300 g/mol. The molecule has 2 atom stereocenters. The number of amides is 1. The smallest absolute Gasteiger partial charge is 0.287 e. The summed E-state index contributed by atoms with van der Waals surface area (Å²) in [6.45, 7) is 3.04. The van der Waals surface area contributed by atoms with E-state index in [0.717, 1.165) is 6.54 Å². The normalized spacial score (nSPS) is 24.6. The molecule has 1 heterocycles. The summed E-state index contributed by atoms with van der Waals surface area (Å²) < 4.78 is 5.81. The van der Waals surface area contributed by atoms with Crippen molar-refractivity contribution in [1.29, 1.82) is 0 Å². The van der Waals surface area contributed by atoms with Crippen molar-refractivity contribution in [3.05, 3.63) is 22.6 Å². The van der Waals surface area contributed by atoms with Crippen molar-refractivity contribution >= 4 is 21.8 Å². The Balaban J connectivity index is 1.83. The number of nitrogens with one attached hydrogen (secondary N) is 1. The molecular formula is C13H18BrNO2. The molecule has 2 unspecified atom stereocenters. The highest BCUT2D eigenvalue weighted by atomic mass is 79.9. The number of rotatable bonds is 3. The molecule has 1 amide bonds. The van der Waals surface area contributed by atoms with Gasteiger partial charge in [0.2, 0.25) is 0 Å². The van der Waals surface area contributed by atoms with E-state index in [1.165, 1.54) is 25.7 Å². The lowest BCUT2D eigenvalue weighted by atomic mass is 9.80. The number of hydrogen-bond donors (Lipinski definition) is 1. The summed E-state index contributed by atoms with van der Waals surface area (Å²) in [6.07, 6.45) is 5.13. The molecule has 94 valence electrons. The maximum Gasteiger partial charge on any atom is 0.287 e. The Bertz CT molecular complexity index is 389. The summed E-state index contributed by atoms with van der Waals surface area (Å²) in [6, 6.07) is 3.42. The molecule has 3 nitrogen and oxygen atoms in total. The highest BCUT2D eigenvalue weighted by Crippen LogP contribution is 2.28. The van der Waals surface area contributed by atoms with E-state index in [1.807, 2.05) is 0 Å². The quantitative estimate of drug-likeness (QED) is 0.926.